The summed E-state index contributed by atoms with van der Waals surface area (Å²) in [6.07, 6.45) is 1.28. The standard InChI is InChI=1S/C20H27N3O5/c1-4-7-20(27)17-16(25)13-6-5-12(28-3)10-14(13)19(20,8-9-23(17)2)11-15(24)22-18(21)26/h5-6,10,17,27H,4,7-9,11H2,1-3H3,(H3,21,22,24,26). The van der Waals surface area contributed by atoms with Crippen LogP contribution in [0.1, 0.15) is 48.5 Å². The number of hydrogen-bond acceptors (Lipinski definition) is 6. The van der Waals surface area contributed by atoms with Crippen LogP contribution in [0.3, 0.4) is 0 Å². The number of likely N-dealkylation sites (tertiary alicyclic amines) is 1. The minimum Gasteiger partial charge on any atom is -0.497 e. The van der Waals surface area contributed by atoms with E-state index in [-0.39, 0.29) is 12.2 Å². The van der Waals surface area contributed by atoms with E-state index in [2.05, 4.69) is 5.32 Å². The number of Topliss-reactive ketones (excluding diaryl/α,β-unsaturated/α-hetero) is 1. The van der Waals surface area contributed by atoms with Gasteiger partial charge in [0.1, 0.15) is 11.8 Å². The molecule has 4 N–H and O–H groups in total. The highest BCUT2D eigenvalue weighted by atomic mass is 16.5. The van der Waals surface area contributed by atoms with Crippen molar-refractivity contribution in [1.82, 2.24) is 10.2 Å². The smallest absolute Gasteiger partial charge is 0.318 e. The van der Waals surface area contributed by atoms with E-state index in [4.69, 9.17) is 10.5 Å². The number of nitrogens with one attached hydrogen (secondary N) is 1. The van der Waals surface area contributed by atoms with Gasteiger partial charge in [-0.15, -0.1) is 0 Å². The number of ether oxygens (including phenoxy) is 1. The van der Waals surface area contributed by atoms with Crippen molar-refractivity contribution in [3.63, 3.8) is 0 Å². The molecule has 3 rings (SSSR count). The molecule has 1 aliphatic heterocycles. The van der Waals surface area contributed by atoms with E-state index in [1.165, 1.54) is 7.11 Å². The highest BCUT2D eigenvalue weighted by Crippen LogP contribution is 2.55. The molecule has 3 unspecified atom stereocenters. The maximum absolute atomic E-state index is 13.3. The van der Waals surface area contributed by atoms with E-state index in [1.807, 2.05) is 18.9 Å². The van der Waals surface area contributed by atoms with Crippen LogP contribution in [0.25, 0.3) is 0 Å². The number of hydrogen-bond donors (Lipinski definition) is 3. The number of methoxy groups -OCH3 is 1. The van der Waals surface area contributed by atoms with Crippen LogP contribution < -0.4 is 15.8 Å². The third kappa shape index (κ3) is 2.87. The maximum Gasteiger partial charge on any atom is 0.318 e. The average Bonchev–Trinajstić information content (AvgIpc) is 2.62. The Morgan fingerprint density at radius 1 is 1.43 bits per heavy atom. The molecule has 2 aliphatic rings. The number of piperidine rings is 1. The maximum atomic E-state index is 13.3. The Hall–Kier alpha value is -2.45. The Morgan fingerprint density at radius 3 is 2.75 bits per heavy atom. The van der Waals surface area contributed by atoms with E-state index < -0.39 is 29.0 Å². The number of ketones is 1. The largest absolute Gasteiger partial charge is 0.497 e. The Morgan fingerprint density at radius 2 is 2.14 bits per heavy atom. The van der Waals surface area contributed by atoms with Crippen LogP contribution in [0.15, 0.2) is 18.2 Å². The number of fused-ring (bicyclic) bond motifs is 4. The molecule has 1 heterocycles. The number of likely N-dealkylation sites (N-methyl/N-ethyl adjacent to an activating group) is 1. The minimum atomic E-state index is -1.46. The van der Waals surface area contributed by atoms with Gasteiger partial charge in [0.05, 0.1) is 12.7 Å². The van der Waals surface area contributed by atoms with Crippen LogP contribution in [0.4, 0.5) is 4.79 Å². The molecule has 1 aromatic carbocycles. The van der Waals surface area contributed by atoms with E-state index in [0.717, 1.165) is 0 Å². The van der Waals surface area contributed by atoms with Crippen LogP contribution in [-0.2, 0) is 10.2 Å². The number of nitrogens with zero attached hydrogens (tertiary/aromatic N) is 1. The second-order valence-electron chi connectivity index (χ2n) is 7.75. The van der Waals surface area contributed by atoms with E-state index in [9.17, 15) is 19.5 Å². The predicted molar refractivity (Wildman–Crippen MR) is 102 cm³/mol. The molecule has 1 saturated heterocycles. The van der Waals surface area contributed by atoms with Crippen molar-refractivity contribution >= 4 is 17.7 Å². The molecule has 0 radical (unpaired) electrons. The molecule has 1 aliphatic carbocycles. The number of benzene rings is 1. The Labute approximate surface area is 164 Å². The first-order valence-corrected chi connectivity index (χ1v) is 9.45. The lowest BCUT2D eigenvalue weighted by Crippen LogP contribution is -2.73. The molecule has 3 amide bonds. The number of amides is 3. The van der Waals surface area contributed by atoms with Crippen LogP contribution in [0.2, 0.25) is 0 Å². The SMILES string of the molecule is CCCC1(O)C2C(=O)c3ccc(OC)cc3C1(CC(=O)NC(N)=O)CCN2C. The third-order valence-corrected chi connectivity index (χ3v) is 6.23. The summed E-state index contributed by atoms with van der Waals surface area (Å²) in [5.41, 5.74) is 3.70. The summed E-state index contributed by atoms with van der Waals surface area (Å²) >= 11 is 0. The van der Waals surface area contributed by atoms with E-state index >= 15 is 0 Å². The van der Waals surface area contributed by atoms with Gasteiger partial charge in [-0.25, -0.2) is 4.79 Å². The number of rotatable bonds is 5. The van der Waals surface area contributed by atoms with Gasteiger partial charge in [0.25, 0.3) is 0 Å². The minimum absolute atomic E-state index is 0.149. The van der Waals surface area contributed by atoms with Gasteiger partial charge in [0.15, 0.2) is 5.78 Å². The monoisotopic (exact) mass is 389 g/mol. The first-order valence-electron chi connectivity index (χ1n) is 9.45. The summed E-state index contributed by atoms with van der Waals surface area (Å²) < 4.78 is 5.34. The quantitative estimate of drug-likeness (QED) is 0.689. The lowest BCUT2D eigenvalue weighted by Gasteiger charge is -2.60. The molecule has 2 bridgehead atoms. The van der Waals surface area contributed by atoms with Gasteiger partial charge >= 0.3 is 6.03 Å². The van der Waals surface area contributed by atoms with Crippen molar-refractivity contribution in [2.24, 2.45) is 5.73 Å². The fourth-order valence-electron chi connectivity index (χ4n) is 5.08. The van der Waals surface area contributed by atoms with Gasteiger partial charge in [-0.3, -0.25) is 19.8 Å². The van der Waals surface area contributed by atoms with Gasteiger partial charge in [-0.1, -0.05) is 13.3 Å². The molecular weight excluding hydrogens is 362 g/mol. The lowest BCUT2D eigenvalue weighted by atomic mass is 9.51. The summed E-state index contributed by atoms with van der Waals surface area (Å²) in [7, 11) is 3.33. The molecule has 8 nitrogen and oxygen atoms in total. The van der Waals surface area contributed by atoms with Crippen LogP contribution >= 0.6 is 0 Å². The highest BCUT2D eigenvalue weighted by Gasteiger charge is 2.65. The molecule has 3 atom stereocenters. The summed E-state index contributed by atoms with van der Waals surface area (Å²) in [5, 5.41) is 14.0. The highest BCUT2D eigenvalue weighted by molar-refractivity contribution is 6.05. The van der Waals surface area contributed by atoms with Gasteiger partial charge in [0.2, 0.25) is 5.91 Å². The summed E-state index contributed by atoms with van der Waals surface area (Å²) in [5.74, 6) is -0.201. The zero-order chi connectivity index (χ0) is 20.7. The molecule has 1 fully saturated rings. The second-order valence-corrected chi connectivity index (χ2v) is 7.75. The van der Waals surface area contributed by atoms with Crippen molar-refractivity contribution < 1.29 is 24.2 Å². The predicted octanol–water partition coefficient (Wildman–Crippen LogP) is 0.950. The lowest BCUT2D eigenvalue weighted by molar-refractivity contribution is -0.145. The number of carbonyl (C=O) groups excluding carboxylic acids is 3. The topological polar surface area (TPSA) is 122 Å². The van der Waals surface area contributed by atoms with Gasteiger partial charge in [-0.2, -0.15) is 0 Å². The number of carbonyl (C=O) groups is 3. The molecule has 0 saturated carbocycles. The second kappa shape index (κ2) is 7.18. The average molecular weight is 389 g/mol. The van der Waals surface area contributed by atoms with Crippen molar-refractivity contribution in [2.45, 2.75) is 49.7 Å². The van der Waals surface area contributed by atoms with Crippen LogP contribution in [-0.4, -0.2) is 60.1 Å². The number of primary amides is 1. The molecule has 8 heteroatoms. The Kier molecular flexibility index (Phi) is 5.20. The van der Waals surface area contributed by atoms with Gasteiger partial charge in [-0.05, 0) is 50.2 Å². The third-order valence-electron chi connectivity index (χ3n) is 6.23. The molecule has 0 aromatic heterocycles. The van der Waals surface area contributed by atoms with Crippen molar-refractivity contribution in [1.29, 1.82) is 0 Å². The Balaban J connectivity index is 2.26. The first kappa shape index (κ1) is 20.3. The summed E-state index contributed by atoms with van der Waals surface area (Å²) in [6.45, 7) is 2.46. The van der Waals surface area contributed by atoms with E-state index in [1.54, 1.807) is 18.2 Å². The molecule has 1 aromatic rings. The molecule has 152 valence electrons. The van der Waals surface area contributed by atoms with Crippen molar-refractivity contribution in [3.8, 4) is 5.75 Å². The van der Waals surface area contributed by atoms with Crippen molar-refractivity contribution in [3.05, 3.63) is 29.3 Å². The summed E-state index contributed by atoms with van der Waals surface area (Å²) in [4.78, 5) is 39.0. The van der Waals surface area contributed by atoms with Gasteiger partial charge in [0, 0.05) is 17.4 Å². The molecular formula is C20H27N3O5. The first-order chi connectivity index (χ1) is 13.2. The summed E-state index contributed by atoms with van der Waals surface area (Å²) in [6, 6.07) is 3.42. The number of aliphatic hydroxyl groups is 1. The fourth-order valence-corrected chi connectivity index (χ4v) is 5.08. The Bertz CT molecular complexity index is 826. The molecule has 28 heavy (non-hydrogen) atoms. The molecule has 0 spiro atoms. The zero-order valence-corrected chi connectivity index (χ0v) is 16.4. The fraction of sp³-hybridized carbons (Fsp3) is 0.550. The van der Waals surface area contributed by atoms with Crippen LogP contribution in [0.5, 0.6) is 5.75 Å². The number of nitrogens with two attached hydrogens (primary N) is 1. The number of imide groups is 1. The van der Waals surface area contributed by atoms with Gasteiger partial charge < -0.3 is 15.6 Å². The normalized spacial score (nSPS) is 29.1. The van der Waals surface area contributed by atoms with E-state index in [0.29, 0.717) is 42.7 Å². The van der Waals surface area contributed by atoms with Crippen LogP contribution in [0, 0.1) is 0 Å². The number of urea groups is 1. The zero-order valence-electron chi connectivity index (χ0n) is 16.4. The van der Waals surface area contributed by atoms with Crippen molar-refractivity contribution in [2.75, 3.05) is 20.7 Å².